The molecule has 2 rings (SSSR count). The van der Waals surface area contributed by atoms with Crippen LogP contribution < -0.4 is 0 Å². The summed E-state index contributed by atoms with van der Waals surface area (Å²) in [7, 11) is -4.87. The number of benzene rings is 1. The molecule has 1 aromatic rings. The number of aliphatic hydroxyl groups is 1. The Balaban J connectivity index is 2.45. The molecule has 29 heavy (non-hydrogen) atoms. The van der Waals surface area contributed by atoms with Gasteiger partial charge in [0.25, 0.3) is 0 Å². The normalized spacial score (nSPS) is 23.9. The maximum Gasteiger partial charge on any atom is 0.307 e. The van der Waals surface area contributed by atoms with E-state index >= 15 is 0 Å². The predicted molar refractivity (Wildman–Crippen MR) is 113 cm³/mol. The molecular weight excluding hydrogens is 410 g/mol. The summed E-state index contributed by atoms with van der Waals surface area (Å²) in [6, 6.07) is 6.67. The molecule has 0 bridgehead atoms. The van der Waals surface area contributed by atoms with Crippen LogP contribution in [0, 0.1) is 0 Å². The highest BCUT2D eigenvalue weighted by molar-refractivity contribution is 7.89. The van der Waals surface area contributed by atoms with Crippen molar-refractivity contribution in [3.63, 3.8) is 0 Å². The molecule has 1 aliphatic heterocycles. The molecule has 164 valence electrons. The average molecular weight is 444 g/mol. The van der Waals surface area contributed by atoms with E-state index in [1.165, 1.54) is 23.5 Å². The van der Waals surface area contributed by atoms with Gasteiger partial charge in [-0.25, -0.2) is 8.42 Å². The predicted octanol–water partition coefficient (Wildman–Crippen LogP) is 2.76. The molecule has 1 fully saturated rings. The van der Waals surface area contributed by atoms with Crippen molar-refractivity contribution in [3.05, 3.63) is 30.3 Å². The molecule has 0 aromatic heterocycles. The number of esters is 1. The van der Waals surface area contributed by atoms with Gasteiger partial charge in [-0.1, -0.05) is 39.0 Å². The van der Waals surface area contributed by atoms with Crippen molar-refractivity contribution < 1.29 is 27.5 Å². The molecule has 1 aliphatic rings. The molecule has 0 amide bonds. The van der Waals surface area contributed by atoms with Crippen molar-refractivity contribution in [2.45, 2.75) is 74.8 Å². The second kappa shape index (κ2) is 8.85. The minimum absolute atomic E-state index is 0.0728. The van der Waals surface area contributed by atoms with Crippen LogP contribution in [0.5, 0.6) is 0 Å². The number of ether oxygens (including phenoxy) is 1. The molecule has 0 spiro atoms. The molecule has 1 aromatic carbocycles. The number of hydrogen-bond acceptors (Lipinski definition) is 6. The molecule has 1 saturated heterocycles. The lowest BCUT2D eigenvalue weighted by molar-refractivity contribution is -0.141. The van der Waals surface area contributed by atoms with Gasteiger partial charge >= 0.3 is 5.97 Å². The molecule has 7 nitrogen and oxygen atoms in total. The summed E-state index contributed by atoms with van der Waals surface area (Å²) < 4.78 is 39.4. The van der Waals surface area contributed by atoms with Crippen LogP contribution in [0.15, 0.2) is 35.2 Å². The summed E-state index contributed by atoms with van der Waals surface area (Å²) in [6.07, 6.45) is -0.246. The highest BCUT2D eigenvalue weighted by atomic mass is 32.2. The molecule has 0 unspecified atom stereocenters. The fourth-order valence-corrected chi connectivity index (χ4v) is 6.60. The van der Waals surface area contributed by atoms with Gasteiger partial charge in [0.15, 0.2) is 8.32 Å². The van der Waals surface area contributed by atoms with Crippen molar-refractivity contribution in [1.82, 2.24) is 4.31 Å². The van der Waals surface area contributed by atoms with Crippen LogP contribution in [0.2, 0.25) is 18.1 Å². The van der Waals surface area contributed by atoms with E-state index in [0.29, 0.717) is 6.42 Å². The number of aliphatic hydroxyl groups excluding tert-OH is 1. The van der Waals surface area contributed by atoms with Gasteiger partial charge < -0.3 is 14.3 Å². The lowest BCUT2D eigenvalue weighted by Gasteiger charge is -2.40. The van der Waals surface area contributed by atoms with E-state index in [9.17, 15) is 18.3 Å². The second-order valence-corrected chi connectivity index (χ2v) is 15.6. The lowest BCUT2D eigenvalue weighted by atomic mass is 10.1. The molecule has 0 aliphatic carbocycles. The third kappa shape index (κ3) is 5.08. The smallest absolute Gasteiger partial charge is 0.307 e. The Labute approximate surface area is 175 Å². The Morgan fingerprint density at radius 2 is 1.83 bits per heavy atom. The highest BCUT2D eigenvalue weighted by Crippen LogP contribution is 2.42. The fraction of sp³-hybridized carbons (Fsp3) is 0.650. The van der Waals surface area contributed by atoms with Crippen LogP contribution >= 0.6 is 0 Å². The van der Waals surface area contributed by atoms with Crippen molar-refractivity contribution in [1.29, 1.82) is 0 Å². The van der Waals surface area contributed by atoms with Gasteiger partial charge in [0, 0.05) is 6.04 Å². The zero-order chi connectivity index (χ0) is 22.0. The Hall–Kier alpha value is -1.26. The third-order valence-corrected chi connectivity index (χ3v) is 12.5. The summed E-state index contributed by atoms with van der Waals surface area (Å²) in [6.45, 7) is 10.1. The van der Waals surface area contributed by atoms with Crippen LogP contribution in [-0.2, 0) is 24.0 Å². The molecule has 0 saturated carbocycles. The Morgan fingerprint density at radius 3 is 2.31 bits per heavy atom. The van der Waals surface area contributed by atoms with Crippen molar-refractivity contribution in [3.8, 4) is 0 Å². The first-order valence-corrected chi connectivity index (χ1v) is 14.1. The quantitative estimate of drug-likeness (QED) is 0.514. The summed E-state index contributed by atoms with van der Waals surface area (Å²) in [5.41, 5.74) is 0. The van der Waals surface area contributed by atoms with Gasteiger partial charge in [-0.05, 0) is 36.7 Å². The van der Waals surface area contributed by atoms with E-state index in [1.807, 2.05) is 0 Å². The molecule has 1 heterocycles. The minimum Gasteiger partial charge on any atom is -0.469 e. The number of carbonyl (C=O) groups excluding carboxylic acids is 1. The number of hydrogen-bond donors (Lipinski definition) is 1. The molecule has 1 N–H and O–H groups in total. The van der Waals surface area contributed by atoms with E-state index in [4.69, 9.17) is 9.16 Å². The number of methoxy groups -OCH3 is 1. The molecular formula is C20H33NO6SSi. The van der Waals surface area contributed by atoms with Crippen molar-refractivity contribution in [2.24, 2.45) is 0 Å². The van der Waals surface area contributed by atoms with Gasteiger partial charge in [-0.3, -0.25) is 4.79 Å². The van der Waals surface area contributed by atoms with Gasteiger partial charge in [0.1, 0.15) is 0 Å². The second-order valence-electron chi connectivity index (χ2n) is 8.98. The minimum atomic E-state index is -3.93. The first kappa shape index (κ1) is 24.0. The lowest BCUT2D eigenvalue weighted by Crippen LogP contribution is -2.50. The first-order chi connectivity index (χ1) is 13.3. The van der Waals surface area contributed by atoms with E-state index in [-0.39, 0.29) is 23.0 Å². The summed E-state index contributed by atoms with van der Waals surface area (Å²) in [5.74, 6) is -0.493. The number of sulfonamides is 1. The largest absolute Gasteiger partial charge is 0.469 e. The van der Waals surface area contributed by atoms with Crippen LogP contribution in [-0.4, -0.2) is 64.0 Å². The molecule has 0 radical (unpaired) electrons. The molecule has 3 atom stereocenters. The van der Waals surface area contributed by atoms with Gasteiger partial charge in [0.2, 0.25) is 10.0 Å². The maximum absolute atomic E-state index is 13.4. The molecule has 9 heteroatoms. The van der Waals surface area contributed by atoms with Gasteiger partial charge in [-0.15, -0.1) is 0 Å². The monoisotopic (exact) mass is 443 g/mol. The third-order valence-electron chi connectivity index (χ3n) is 6.01. The first-order valence-electron chi connectivity index (χ1n) is 9.79. The fourth-order valence-electron chi connectivity index (χ4n) is 3.38. The topological polar surface area (TPSA) is 93.1 Å². The van der Waals surface area contributed by atoms with Crippen LogP contribution in [0.1, 0.15) is 33.6 Å². The van der Waals surface area contributed by atoms with E-state index in [2.05, 4.69) is 33.9 Å². The zero-order valence-electron chi connectivity index (χ0n) is 18.1. The van der Waals surface area contributed by atoms with Gasteiger partial charge in [0.05, 0.1) is 37.2 Å². The Morgan fingerprint density at radius 1 is 1.24 bits per heavy atom. The van der Waals surface area contributed by atoms with Crippen LogP contribution in [0.25, 0.3) is 0 Å². The van der Waals surface area contributed by atoms with E-state index in [1.54, 1.807) is 18.2 Å². The van der Waals surface area contributed by atoms with E-state index in [0.717, 1.165) is 0 Å². The summed E-state index contributed by atoms with van der Waals surface area (Å²) in [5, 5.41) is 10.1. The van der Waals surface area contributed by atoms with Crippen molar-refractivity contribution in [2.75, 3.05) is 13.7 Å². The number of carbonyl (C=O) groups is 1. The summed E-state index contributed by atoms with van der Waals surface area (Å²) in [4.78, 5) is 12.1. The van der Waals surface area contributed by atoms with Crippen LogP contribution in [0.3, 0.4) is 0 Å². The SMILES string of the molecule is COC(=O)C[C@@H]1C[C@H](O[Si](C)(C)C(C)(C)C)[C@H](CO)N1S(=O)(=O)c1ccccc1. The Kier molecular flexibility index (Phi) is 7.33. The van der Waals surface area contributed by atoms with Crippen LogP contribution in [0.4, 0.5) is 0 Å². The zero-order valence-corrected chi connectivity index (χ0v) is 19.9. The van der Waals surface area contributed by atoms with Crippen molar-refractivity contribution >= 4 is 24.3 Å². The maximum atomic E-state index is 13.4. The standard InChI is InChI=1S/C20H33NO6SSi/c1-20(2,3)29(5,6)27-18-12-15(13-19(23)26-4)21(17(18)14-22)28(24,25)16-10-8-7-9-11-16/h7-11,15,17-18,22H,12-14H2,1-6H3/t15-,17-,18-/m0/s1. The van der Waals surface area contributed by atoms with Gasteiger partial charge in [-0.2, -0.15) is 4.31 Å². The highest BCUT2D eigenvalue weighted by Gasteiger charge is 2.51. The number of nitrogens with zero attached hydrogens (tertiary/aromatic N) is 1. The summed E-state index contributed by atoms with van der Waals surface area (Å²) >= 11 is 0. The van der Waals surface area contributed by atoms with E-state index < -0.39 is 42.5 Å². The number of rotatable bonds is 7. The Bertz CT molecular complexity index is 806. The average Bonchev–Trinajstić information content (AvgIpc) is 2.98.